The lowest BCUT2D eigenvalue weighted by atomic mass is 10.1. The van der Waals surface area contributed by atoms with E-state index in [1.165, 1.54) is 0 Å². The number of rotatable bonds is 4. The van der Waals surface area contributed by atoms with Crippen LogP contribution < -0.4 is 10.1 Å². The van der Waals surface area contributed by atoms with Crippen LogP contribution in [-0.2, 0) is 4.79 Å². The van der Waals surface area contributed by atoms with Crippen molar-refractivity contribution in [1.82, 2.24) is 5.32 Å². The second kappa shape index (κ2) is 5.71. The molecule has 96 valence electrons. The molecule has 0 atom stereocenters. The van der Waals surface area contributed by atoms with Crippen LogP contribution in [0.25, 0.3) is 6.08 Å². The molecule has 2 rings (SSSR count). The Morgan fingerprint density at radius 2 is 2.06 bits per heavy atom. The van der Waals surface area contributed by atoms with Gasteiger partial charge in [0.05, 0.1) is 5.57 Å². The Labute approximate surface area is 108 Å². The van der Waals surface area contributed by atoms with E-state index in [0.29, 0.717) is 12.2 Å². The summed E-state index contributed by atoms with van der Waals surface area (Å²) in [5, 5.41) is 3.03. The van der Waals surface area contributed by atoms with Crippen molar-refractivity contribution in [2.45, 2.75) is 32.7 Å². The molecule has 0 saturated heterocycles. The lowest BCUT2D eigenvalue weighted by molar-refractivity contribution is -0.118. The summed E-state index contributed by atoms with van der Waals surface area (Å²) in [5.41, 5.74) is 1.67. The number of hydrogen-bond donors (Lipinski definition) is 1. The lowest BCUT2D eigenvalue weighted by Crippen LogP contribution is -2.36. The van der Waals surface area contributed by atoms with Gasteiger partial charge in [-0.3, -0.25) is 4.79 Å². The molecule has 1 heterocycles. The number of benzene rings is 1. The molecule has 0 unspecified atom stereocenters. The molecule has 0 aromatic heterocycles. The quantitative estimate of drug-likeness (QED) is 0.885. The number of carbonyl (C=O) groups excluding carboxylic acids is 1. The highest BCUT2D eigenvalue weighted by Crippen LogP contribution is 2.25. The van der Waals surface area contributed by atoms with E-state index >= 15 is 0 Å². The standard InChI is InChI=1S/C15H19NO2/c1-3-13(4-2)16-15(17)12-9-11-7-5-6-8-14(11)18-10-12/h5-9,13H,3-4,10H2,1-2H3,(H,16,17). The van der Waals surface area contributed by atoms with Gasteiger partial charge in [0.2, 0.25) is 0 Å². The van der Waals surface area contributed by atoms with Crippen LogP contribution in [0.3, 0.4) is 0 Å². The highest BCUT2D eigenvalue weighted by Gasteiger charge is 2.18. The van der Waals surface area contributed by atoms with Crippen molar-refractivity contribution >= 4 is 12.0 Å². The number of hydrogen-bond acceptors (Lipinski definition) is 2. The van der Waals surface area contributed by atoms with Crippen molar-refractivity contribution < 1.29 is 9.53 Å². The molecule has 1 N–H and O–H groups in total. The number of ether oxygens (including phenoxy) is 1. The minimum absolute atomic E-state index is 0.0156. The minimum atomic E-state index is -0.0156. The fourth-order valence-electron chi connectivity index (χ4n) is 2.02. The SMILES string of the molecule is CCC(CC)NC(=O)C1=Cc2ccccc2OC1. The van der Waals surface area contributed by atoms with Gasteiger partial charge in [-0.25, -0.2) is 0 Å². The van der Waals surface area contributed by atoms with Crippen molar-refractivity contribution in [3.63, 3.8) is 0 Å². The van der Waals surface area contributed by atoms with Crippen LogP contribution in [0.2, 0.25) is 0 Å². The Kier molecular flexibility index (Phi) is 4.03. The zero-order valence-electron chi connectivity index (χ0n) is 10.9. The zero-order chi connectivity index (χ0) is 13.0. The molecule has 1 aliphatic heterocycles. The minimum Gasteiger partial charge on any atom is -0.488 e. The van der Waals surface area contributed by atoms with Crippen LogP contribution in [0, 0.1) is 0 Å². The maximum Gasteiger partial charge on any atom is 0.250 e. The third-order valence-electron chi connectivity index (χ3n) is 3.24. The van der Waals surface area contributed by atoms with Crippen molar-refractivity contribution in [2.24, 2.45) is 0 Å². The van der Waals surface area contributed by atoms with E-state index in [2.05, 4.69) is 19.2 Å². The molecule has 1 aliphatic rings. The third-order valence-corrected chi connectivity index (χ3v) is 3.24. The summed E-state index contributed by atoms with van der Waals surface area (Å²) in [5.74, 6) is 0.829. The molecule has 1 aromatic carbocycles. The van der Waals surface area contributed by atoms with Crippen LogP contribution in [0.15, 0.2) is 29.8 Å². The predicted octanol–water partition coefficient (Wildman–Crippen LogP) is 2.77. The highest BCUT2D eigenvalue weighted by atomic mass is 16.5. The van der Waals surface area contributed by atoms with Gasteiger partial charge in [-0.1, -0.05) is 32.0 Å². The van der Waals surface area contributed by atoms with Gasteiger partial charge >= 0.3 is 0 Å². The van der Waals surface area contributed by atoms with Gasteiger partial charge in [-0.2, -0.15) is 0 Å². The molecule has 0 spiro atoms. The largest absolute Gasteiger partial charge is 0.488 e. The summed E-state index contributed by atoms with van der Waals surface area (Å²) < 4.78 is 5.58. The summed E-state index contributed by atoms with van der Waals surface area (Å²) in [6.07, 6.45) is 3.82. The Balaban J connectivity index is 2.11. The van der Waals surface area contributed by atoms with Crippen LogP contribution >= 0.6 is 0 Å². The molecular weight excluding hydrogens is 226 g/mol. The third kappa shape index (κ3) is 2.73. The monoisotopic (exact) mass is 245 g/mol. The van der Waals surface area contributed by atoms with E-state index in [0.717, 1.165) is 24.2 Å². The lowest BCUT2D eigenvalue weighted by Gasteiger charge is -2.20. The van der Waals surface area contributed by atoms with Crippen LogP contribution in [0.5, 0.6) is 5.75 Å². The first-order valence-corrected chi connectivity index (χ1v) is 6.47. The second-order valence-electron chi connectivity index (χ2n) is 4.48. The molecule has 1 aromatic rings. The summed E-state index contributed by atoms with van der Waals surface area (Å²) >= 11 is 0. The van der Waals surface area contributed by atoms with Crippen molar-refractivity contribution in [1.29, 1.82) is 0 Å². The van der Waals surface area contributed by atoms with Crippen molar-refractivity contribution in [3.8, 4) is 5.75 Å². The van der Waals surface area contributed by atoms with Gasteiger partial charge in [0, 0.05) is 11.6 Å². The Hall–Kier alpha value is -1.77. The first-order valence-electron chi connectivity index (χ1n) is 6.47. The smallest absolute Gasteiger partial charge is 0.250 e. The number of carbonyl (C=O) groups is 1. The number of fused-ring (bicyclic) bond motifs is 1. The van der Waals surface area contributed by atoms with Gasteiger partial charge in [0.25, 0.3) is 5.91 Å². The molecule has 3 nitrogen and oxygen atoms in total. The van der Waals surface area contributed by atoms with E-state index in [9.17, 15) is 4.79 Å². The highest BCUT2D eigenvalue weighted by molar-refractivity contribution is 5.99. The van der Waals surface area contributed by atoms with Crippen molar-refractivity contribution in [3.05, 3.63) is 35.4 Å². The van der Waals surface area contributed by atoms with Gasteiger partial charge in [-0.15, -0.1) is 0 Å². The number of amides is 1. The average molecular weight is 245 g/mol. The Morgan fingerprint density at radius 1 is 1.33 bits per heavy atom. The maximum absolute atomic E-state index is 12.1. The average Bonchev–Trinajstić information content (AvgIpc) is 2.44. The Bertz CT molecular complexity index is 461. The molecule has 1 amide bonds. The van der Waals surface area contributed by atoms with E-state index in [1.54, 1.807) is 0 Å². The summed E-state index contributed by atoms with van der Waals surface area (Å²) in [6.45, 7) is 4.51. The maximum atomic E-state index is 12.1. The fourth-order valence-corrected chi connectivity index (χ4v) is 2.02. The summed E-state index contributed by atoms with van der Waals surface area (Å²) in [7, 11) is 0. The predicted molar refractivity (Wildman–Crippen MR) is 72.4 cm³/mol. The van der Waals surface area contributed by atoms with E-state index in [4.69, 9.17) is 4.74 Å². The molecule has 0 fully saturated rings. The fraction of sp³-hybridized carbons (Fsp3) is 0.400. The zero-order valence-corrected chi connectivity index (χ0v) is 10.9. The van der Waals surface area contributed by atoms with Gasteiger partial charge in [0.15, 0.2) is 0 Å². The van der Waals surface area contributed by atoms with Gasteiger partial charge in [0.1, 0.15) is 12.4 Å². The summed E-state index contributed by atoms with van der Waals surface area (Å²) in [4.78, 5) is 12.1. The molecule has 0 radical (unpaired) electrons. The molecule has 18 heavy (non-hydrogen) atoms. The number of nitrogens with one attached hydrogen (secondary N) is 1. The summed E-state index contributed by atoms with van der Waals surface area (Å²) in [6, 6.07) is 8.00. The van der Waals surface area contributed by atoms with E-state index in [-0.39, 0.29) is 11.9 Å². The first-order chi connectivity index (χ1) is 8.74. The van der Waals surface area contributed by atoms with Crippen LogP contribution in [-0.4, -0.2) is 18.6 Å². The van der Waals surface area contributed by atoms with Crippen LogP contribution in [0.4, 0.5) is 0 Å². The first kappa shape index (κ1) is 12.7. The normalized spacial score (nSPS) is 13.6. The van der Waals surface area contributed by atoms with Gasteiger partial charge < -0.3 is 10.1 Å². The Morgan fingerprint density at radius 3 is 2.78 bits per heavy atom. The van der Waals surface area contributed by atoms with Crippen molar-refractivity contribution in [2.75, 3.05) is 6.61 Å². The molecule has 3 heteroatoms. The molecular formula is C15H19NO2. The molecule has 0 bridgehead atoms. The van der Waals surface area contributed by atoms with E-state index in [1.807, 2.05) is 30.3 Å². The van der Waals surface area contributed by atoms with Crippen LogP contribution in [0.1, 0.15) is 32.3 Å². The molecule has 0 aliphatic carbocycles. The van der Waals surface area contributed by atoms with E-state index < -0.39 is 0 Å². The second-order valence-corrected chi connectivity index (χ2v) is 4.48. The molecule has 0 saturated carbocycles. The van der Waals surface area contributed by atoms with Gasteiger partial charge in [-0.05, 0) is 25.0 Å². The number of para-hydroxylation sites is 1. The topological polar surface area (TPSA) is 38.3 Å².